The number of pyridine rings is 1. The largest absolute Gasteiger partial charge is 0.487 e. The lowest BCUT2D eigenvalue weighted by Gasteiger charge is -2.16. The van der Waals surface area contributed by atoms with Crippen LogP contribution >= 0.6 is 0 Å². The lowest BCUT2D eigenvalue weighted by molar-refractivity contribution is 0.0958. The van der Waals surface area contributed by atoms with Crippen LogP contribution in [0.25, 0.3) is 0 Å². The zero-order valence-corrected chi connectivity index (χ0v) is 10.1. The van der Waals surface area contributed by atoms with Crippen LogP contribution in [0.4, 0.5) is 0 Å². The fourth-order valence-corrected chi connectivity index (χ4v) is 1.83. The Morgan fingerprint density at radius 1 is 1.53 bits per heavy atom. The normalized spacial score (nSPS) is 23.4. The number of ether oxygens (including phenoxy) is 1. The van der Waals surface area contributed by atoms with Gasteiger partial charge in [0.2, 0.25) is 0 Å². The minimum atomic E-state index is -0.188. The monoisotopic (exact) mass is 235 g/mol. The summed E-state index contributed by atoms with van der Waals surface area (Å²) < 4.78 is 5.80. The maximum atomic E-state index is 11.3. The third-order valence-electron chi connectivity index (χ3n) is 2.93. The lowest BCUT2D eigenvalue weighted by Crippen LogP contribution is -2.24. The summed E-state index contributed by atoms with van der Waals surface area (Å²) in [6.07, 6.45) is 1.78. The van der Waals surface area contributed by atoms with Gasteiger partial charge in [-0.3, -0.25) is 4.79 Å². The first-order valence-electron chi connectivity index (χ1n) is 5.76. The second-order valence-corrected chi connectivity index (χ2v) is 4.25. The highest BCUT2D eigenvalue weighted by molar-refractivity contribution is 5.91. The second-order valence-electron chi connectivity index (χ2n) is 4.25. The van der Waals surface area contributed by atoms with Crippen LogP contribution in [0.2, 0.25) is 0 Å². The average molecular weight is 235 g/mol. The molecule has 0 unspecified atom stereocenters. The number of nitrogens with one attached hydrogen (secondary N) is 2. The minimum Gasteiger partial charge on any atom is -0.487 e. The number of aromatic nitrogens is 1. The van der Waals surface area contributed by atoms with Crippen LogP contribution in [-0.4, -0.2) is 37.1 Å². The van der Waals surface area contributed by atoms with Gasteiger partial charge in [-0.2, -0.15) is 0 Å². The minimum absolute atomic E-state index is 0.183. The van der Waals surface area contributed by atoms with E-state index in [1.807, 2.05) is 0 Å². The molecule has 5 heteroatoms. The quantitative estimate of drug-likeness (QED) is 0.797. The van der Waals surface area contributed by atoms with Crippen LogP contribution in [0.5, 0.6) is 5.75 Å². The fraction of sp³-hybridized carbons (Fsp3) is 0.500. The topological polar surface area (TPSA) is 63.2 Å². The second kappa shape index (κ2) is 5.14. The molecular weight excluding hydrogens is 218 g/mol. The van der Waals surface area contributed by atoms with E-state index in [4.69, 9.17) is 4.74 Å². The number of carbonyl (C=O) groups excluding carboxylic acids is 1. The lowest BCUT2D eigenvalue weighted by atomic mass is 10.1. The molecule has 1 aliphatic heterocycles. The van der Waals surface area contributed by atoms with Crippen molar-refractivity contribution < 1.29 is 9.53 Å². The molecule has 0 spiro atoms. The first kappa shape index (κ1) is 11.9. The van der Waals surface area contributed by atoms with Gasteiger partial charge in [-0.1, -0.05) is 6.92 Å². The first-order chi connectivity index (χ1) is 8.20. The number of nitrogens with zero attached hydrogens (tertiary/aromatic N) is 1. The number of hydrogen-bond donors (Lipinski definition) is 2. The van der Waals surface area contributed by atoms with Gasteiger partial charge in [-0.05, 0) is 12.1 Å². The molecule has 2 heterocycles. The molecule has 0 aromatic carbocycles. The van der Waals surface area contributed by atoms with Gasteiger partial charge in [0, 0.05) is 26.1 Å². The summed E-state index contributed by atoms with van der Waals surface area (Å²) in [7, 11) is 1.58. The maximum absolute atomic E-state index is 11.3. The van der Waals surface area contributed by atoms with Crippen LogP contribution in [0.3, 0.4) is 0 Å². The van der Waals surface area contributed by atoms with Crippen LogP contribution in [-0.2, 0) is 0 Å². The molecule has 2 atom stereocenters. The number of rotatable bonds is 3. The zero-order valence-electron chi connectivity index (χ0n) is 10.1. The molecule has 17 heavy (non-hydrogen) atoms. The third kappa shape index (κ3) is 2.74. The van der Waals surface area contributed by atoms with Gasteiger partial charge >= 0.3 is 0 Å². The van der Waals surface area contributed by atoms with Gasteiger partial charge < -0.3 is 15.4 Å². The van der Waals surface area contributed by atoms with E-state index < -0.39 is 0 Å². The number of hydrogen-bond acceptors (Lipinski definition) is 4. The van der Waals surface area contributed by atoms with E-state index in [0.717, 1.165) is 13.1 Å². The van der Waals surface area contributed by atoms with E-state index in [9.17, 15) is 4.79 Å². The summed E-state index contributed by atoms with van der Waals surface area (Å²) in [6.45, 7) is 3.99. The van der Waals surface area contributed by atoms with Crippen molar-refractivity contribution in [3.8, 4) is 5.75 Å². The predicted molar refractivity (Wildman–Crippen MR) is 64.1 cm³/mol. The molecule has 1 amide bonds. The summed E-state index contributed by atoms with van der Waals surface area (Å²) in [5.41, 5.74) is 0.400. The zero-order chi connectivity index (χ0) is 12.3. The molecule has 0 bridgehead atoms. The summed E-state index contributed by atoms with van der Waals surface area (Å²) >= 11 is 0. The maximum Gasteiger partial charge on any atom is 0.269 e. The number of carbonyl (C=O) groups is 1. The highest BCUT2D eigenvalue weighted by atomic mass is 16.5. The summed E-state index contributed by atoms with van der Waals surface area (Å²) in [5.74, 6) is 1.01. The van der Waals surface area contributed by atoms with Crippen LogP contribution in [0.1, 0.15) is 17.4 Å². The Hall–Kier alpha value is -1.62. The molecule has 5 nitrogen and oxygen atoms in total. The molecule has 0 aliphatic carbocycles. The third-order valence-corrected chi connectivity index (χ3v) is 2.93. The molecule has 0 saturated carbocycles. The molecular formula is C12H17N3O2. The standard InChI is InChI=1S/C12H17N3O2/c1-8-5-14-7-11(8)17-9-3-4-10(15-6-9)12(16)13-2/h3-4,6,8,11,14H,5,7H2,1-2H3,(H,13,16)/t8-,11-/m0/s1. The van der Waals surface area contributed by atoms with Crippen molar-refractivity contribution in [3.05, 3.63) is 24.0 Å². The molecule has 1 fully saturated rings. The van der Waals surface area contributed by atoms with Crippen molar-refractivity contribution in [1.29, 1.82) is 0 Å². The Bertz CT molecular complexity index is 391. The Morgan fingerprint density at radius 3 is 2.88 bits per heavy atom. The molecule has 92 valence electrons. The highest BCUT2D eigenvalue weighted by Crippen LogP contribution is 2.17. The van der Waals surface area contributed by atoms with Crippen molar-refractivity contribution in [2.75, 3.05) is 20.1 Å². The van der Waals surface area contributed by atoms with Crippen molar-refractivity contribution in [2.45, 2.75) is 13.0 Å². The molecule has 0 radical (unpaired) electrons. The average Bonchev–Trinajstić information content (AvgIpc) is 2.75. The summed E-state index contributed by atoms with van der Waals surface area (Å²) in [6, 6.07) is 3.45. The van der Waals surface area contributed by atoms with E-state index in [2.05, 4.69) is 22.5 Å². The smallest absolute Gasteiger partial charge is 0.269 e. The van der Waals surface area contributed by atoms with Gasteiger partial charge in [0.15, 0.2) is 0 Å². The van der Waals surface area contributed by atoms with E-state index in [-0.39, 0.29) is 12.0 Å². The molecule has 2 N–H and O–H groups in total. The van der Waals surface area contributed by atoms with Gasteiger partial charge in [0.1, 0.15) is 17.5 Å². The molecule has 2 rings (SSSR count). The summed E-state index contributed by atoms with van der Waals surface area (Å²) in [4.78, 5) is 15.4. The van der Waals surface area contributed by atoms with Gasteiger partial charge in [0.05, 0.1) is 6.20 Å². The first-order valence-corrected chi connectivity index (χ1v) is 5.76. The van der Waals surface area contributed by atoms with Crippen molar-refractivity contribution in [2.24, 2.45) is 5.92 Å². The van der Waals surface area contributed by atoms with E-state index >= 15 is 0 Å². The van der Waals surface area contributed by atoms with Crippen LogP contribution in [0.15, 0.2) is 18.3 Å². The summed E-state index contributed by atoms with van der Waals surface area (Å²) in [5, 5.41) is 5.80. The van der Waals surface area contributed by atoms with E-state index in [0.29, 0.717) is 17.4 Å². The number of amides is 1. The predicted octanol–water partition coefficient (Wildman–Crippen LogP) is 0.428. The van der Waals surface area contributed by atoms with E-state index in [1.165, 1.54) is 0 Å². The Morgan fingerprint density at radius 2 is 2.35 bits per heavy atom. The fourth-order valence-electron chi connectivity index (χ4n) is 1.83. The van der Waals surface area contributed by atoms with Gasteiger partial charge in [-0.25, -0.2) is 4.98 Å². The molecule has 1 aliphatic rings. The van der Waals surface area contributed by atoms with Crippen molar-refractivity contribution >= 4 is 5.91 Å². The Kier molecular flexibility index (Phi) is 3.58. The SMILES string of the molecule is CNC(=O)c1ccc(O[C@H]2CNC[C@@H]2C)cn1. The van der Waals surface area contributed by atoms with Crippen LogP contribution < -0.4 is 15.4 Å². The van der Waals surface area contributed by atoms with Gasteiger partial charge in [-0.15, -0.1) is 0 Å². The molecule has 1 aromatic rings. The van der Waals surface area contributed by atoms with Crippen LogP contribution in [0, 0.1) is 5.92 Å². The van der Waals surface area contributed by atoms with E-state index in [1.54, 1.807) is 25.4 Å². The Labute approximate surface area is 101 Å². The Balaban J connectivity index is 2.00. The highest BCUT2D eigenvalue weighted by Gasteiger charge is 2.24. The van der Waals surface area contributed by atoms with Crippen molar-refractivity contribution in [1.82, 2.24) is 15.6 Å². The van der Waals surface area contributed by atoms with Crippen molar-refractivity contribution in [3.63, 3.8) is 0 Å². The molecule has 1 aromatic heterocycles. The van der Waals surface area contributed by atoms with Gasteiger partial charge in [0.25, 0.3) is 5.91 Å². The molecule has 1 saturated heterocycles.